The number of carbonyl (C=O) groups is 1. The molecular formula is C14H19Cl2NO2. The maximum atomic E-state index is 11.0. The van der Waals surface area contributed by atoms with Gasteiger partial charge < -0.3 is 10.4 Å². The minimum atomic E-state index is -0.814. The topological polar surface area (TPSA) is 49.3 Å². The average molecular weight is 304 g/mol. The van der Waals surface area contributed by atoms with Crippen molar-refractivity contribution in [1.82, 2.24) is 5.32 Å². The van der Waals surface area contributed by atoms with E-state index in [4.69, 9.17) is 28.3 Å². The van der Waals surface area contributed by atoms with Crippen LogP contribution in [0, 0.1) is 5.92 Å². The van der Waals surface area contributed by atoms with Crippen molar-refractivity contribution >= 4 is 29.2 Å². The van der Waals surface area contributed by atoms with E-state index in [-0.39, 0.29) is 5.92 Å². The molecular weight excluding hydrogens is 285 g/mol. The van der Waals surface area contributed by atoms with Crippen LogP contribution in [-0.2, 0) is 11.2 Å². The standard InChI is InChI=1S/C14H19Cl2NO2/c1-9(2)13(14(18)19)17-8-4-5-10-11(15)6-3-7-12(10)16/h3,6-7,9,13,17H,4-5,8H2,1-2H3,(H,18,19)/t13-/m0/s1. The van der Waals surface area contributed by atoms with E-state index in [9.17, 15) is 4.79 Å². The van der Waals surface area contributed by atoms with Gasteiger partial charge in [0, 0.05) is 10.0 Å². The molecule has 0 amide bonds. The molecule has 0 fully saturated rings. The molecule has 106 valence electrons. The van der Waals surface area contributed by atoms with Crippen molar-refractivity contribution in [3.63, 3.8) is 0 Å². The highest BCUT2D eigenvalue weighted by molar-refractivity contribution is 6.35. The summed E-state index contributed by atoms with van der Waals surface area (Å²) in [7, 11) is 0. The van der Waals surface area contributed by atoms with Crippen LogP contribution in [0.2, 0.25) is 10.0 Å². The summed E-state index contributed by atoms with van der Waals surface area (Å²) < 4.78 is 0. The third kappa shape index (κ3) is 5.01. The Morgan fingerprint density at radius 1 is 1.32 bits per heavy atom. The molecule has 1 aromatic carbocycles. The smallest absolute Gasteiger partial charge is 0.320 e. The molecule has 0 bridgehead atoms. The fourth-order valence-electron chi connectivity index (χ4n) is 1.90. The van der Waals surface area contributed by atoms with Gasteiger partial charge in [0.05, 0.1) is 0 Å². The van der Waals surface area contributed by atoms with Crippen molar-refractivity contribution in [2.75, 3.05) is 6.54 Å². The lowest BCUT2D eigenvalue weighted by Gasteiger charge is -2.18. The van der Waals surface area contributed by atoms with Gasteiger partial charge in [0.2, 0.25) is 0 Å². The molecule has 3 nitrogen and oxygen atoms in total. The van der Waals surface area contributed by atoms with Gasteiger partial charge in [-0.2, -0.15) is 0 Å². The van der Waals surface area contributed by atoms with Crippen molar-refractivity contribution in [1.29, 1.82) is 0 Å². The van der Waals surface area contributed by atoms with Crippen LogP contribution in [0.25, 0.3) is 0 Å². The molecule has 0 saturated heterocycles. The predicted octanol–water partition coefficient (Wildman–Crippen LogP) is 3.62. The van der Waals surface area contributed by atoms with Crippen LogP contribution in [0.15, 0.2) is 18.2 Å². The lowest BCUT2D eigenvalue weighted by molar-refractivity contribution is -0.140. The highest BCUT2D eigenvalue weighted by Crippen LogP contribution is 2.25. The van der Waals surface area contributed by atoms with Crippen LogP contribution in [-0.4, -0.2) is 23.7 Å². The zero-order valence-corrected chi connectivity index (χ0v) is 12.6. The van der Waals surface area contributed by atoms with Crippen molar-refractivity contribution in [3.05, 3.63) is 33.8 Å². The fraction of sp³-hybridized carbons (Fsp3) is 0.500. The number of aliphatic carboxylic acids is 1. The van der Waals surface area contributed by atoms with Crippen molar-refractivity contribution in [2.24, 2.45) is 5.92 Å². The Bertz CT molecular complexity index is 415. The molecule has 0 spiro atoms. The zero-order chi connectivity index (χ0) is 14.4. The fourth-order valence-corrected chi connectivity index (χ4v) is 2.49. The summed E-state index contributed by atoms with van der Waals surface area (Å²) in [5.41, 5.74) is 0.920. The second-order valence-corrected chi connectivity index (χ2v) is 5.63. The van der Waals surface area contributed by atoms with Crippen molar-refractivity contribution in [2.45, 2.75) is 32.7 Å². The van der Waals surface area contributed by atoms with Gasteiger partial charge >= 0.3 is 5.97 Å². The van der Waals surface area contributed by atoms with Crippen LogP contribution in [0.5, 0.6) is 0 Å². The average Bonchev–Trinajstić information content (AvgIpc) is 2.31. The molecule has 1 rings (SSSR count). The number of carboxylic acids is 1. The molecule has 19 heavy (non-hydrogen) atoms. The molecule has 0 aliphatic rings. The van der Waals surface area contributed by atoms with Gasteiger partial charge in [-0.1, -0.05) is 43.1 Å². The summed E-state index contributed by atoms with van der Waals surface area (Å²) >= 11 is 12.1. The number of rotatable bonds is 7. The normalized spacial score (nSPS) is 12.7. The molecule has 0 saturated carbocycles. The van der Waals surface area contributed by atoms with Gasteiger partial charge in [-0.25, -0.2) is 0 Å². The summed E-state index contributed by atoms with van der Waals surface area (Å²) in [6.07, 6.45) is 1.52. The lowest BCUT2D eigenvalue weighted by Crippen LogP contribution is -2.41. The summed E-state index contributed by atoms with van der Waals surface area (Å²) in [5.74, 6) is -0.757. The van der Waals surface area contributed by atoms with E-state index in [0.717, 1.165) is 18.4 Å². The molecule has 1 aromatic rings. The van der Waals surface area contributed by atoms with Gasteiger partial charge in [-0.3, -0.25) is 4.79 Å². The first kappa shape index (κ1) is 16.3. The van der Waals surface area contributed by atoms with Crippen LogP contribution < -0.4 is 5.32 Å². The van der Waals surface area contributed by atoms with E-state index < -0.39 is 12.0 Å². The highest BCUT2D eigenvalue weighted by Gasteiger charge is 2.20. The maximum Gasteiger partial charge on any atom is 0.320 e. The van der Waals surface area contributed by atoms with Gasteiger partial charge in [-0.05, 0) is 43.0 Å². The third-order valence-electron chi connectivity index (χ3n) is 2.96. The number of nitrogens with one attached hydrogen (secondary N) is 1. The minimum absolute atomic E-state index is 0.0569. The molecule has 0 unspecified atom stereocenters. The van der Waals surface area contributed by atoms with E-state index in [0.29, 0.717) is 16.6 Å². The Morgan fingerprint density at radius 3 is 2.37 bits per heavy atom. The van der Waals surface area contributed by atoms with Crippen LogP contribution in [0.4, 0.5) is 0 Å². The van der Waals surface area contributed by atoms with Crippen molar-refractivity contribution in [3.8, 4) is 0 Å². The van der Waals surface area contributed by atoms with E-state index in [1.54, 1.807) is 0 Å². The second kappa shape index (κ2) is 7.73. The van der Waals surface area contributed by atoms with Crippen LogP contribution in [0.1, 0.15) is 25.8 Å². The highest BCUT2D eigenvalue weighted by atomic mass is 35.5. The predicted molar refractivity (Wildman–Crippen MR) is 79.0 cm³/mol. The van der Waals surface area contributed by atoms with Gasteiger partial charge in [0.25, 0.3) is 0 Å². The minimum Gasteiger partial charge on any atom is -0.480 e. The number of benzene rings is 1. The summed E-state index contributed by atoms with van der Waals surface area (Å²) in [5, 5.41) is 13.4. The number of halogens is 2. The Hall–Kier alpha value is -0.770. The van der Waals surface area contributed by atoms with E-state index >= 15 is 0 Å². The Kier molecular flexibility index (Phi) is 6.63. The van der Waals surface area contributed by atoms with E-state index in [1.807, 2.05) is 32.0 Å². The summed E-state index contributed by atoms with van der Waals surface area (Å²) in [6.45, 7) is 4.39. The zero-order valence-electron chi connectivity index (χ0n) is 11.1. The Balaban J connectivity index is 2.45. The first-order valence-corrected chi connectivity index (χ1v) is 7.08. The molecule has 5 heteroatoms. The van der Waals surface area contributed by atoms with Gasteiger partial charge in [0.15, 0.2) is 0 Å². The monoisotopic (exact) mass is 303 g/mol. The SMILES string of the molecule is CC(C)[C@H](NCCCc1c(Cl)cccc1Cl)C(=O)O. The largest absolute Gasteiger partial charge is 0.480 e. The lowest BCUT2D eigenvalue weighted by atomic mass is 10.0. The molecule has 0 aliphatic heterocycles. The van der Waals surface area contributed by atoms with Crippen LogP contribution in [0.3, 0.4) is 0 Å². The second-order valence-electron chi connectivity index (χ2n) is 4.82. The first-order valence-electron chi connectivity index (χ1n) is 6.32. The molecule has 0 heterocycles. The Labute approximate surface area is 123 Å². The van der Waals surface area contributed by atoms with E-state index in [1.165, 1.54) is 0 Å². The number of hydrogen-bond donors (Lipinski definition) is 2. The summed E-state index contributed by atoms with van der Waals surface area (Å²) in [4.78, 5) is 11.0. The number of carboxylic acid groups (broad SMARTS) is 1. The van der Waals surface area contributed by atoms with Crippen molar-refractivity contribution < 1.29 is 9.90 Å². The number of hydrogen-bond acceptors (Lipinski definition) is 2. The maximum absolute atomic E-state index is 11.0. The van der Waals surface area contributed by atoms with Gasteiger partial charge in [0.1, 0.15) is 6.04 Å². The Morgan fingerprint density at radius 2 is 1.89 bits per heavy atom. The van der Waals surface area contributed by atoms with Gasteiger partial charge in [-0.15, -0.1) is 0 Å². The third-order valence-corrected chi connectivity index (χ3v) is 3.67. The first-order chi connectivity index (χ1) is 8.93. The molecule has 0 radical (unpaired) electrons. The quantitative estimate of drug-likeness (QED) is 0.756. The molecule has 0 aromatic heterocycles. The molecule has 0 aliphatic carbocycles. The summed E-state index contributed by atoms with van der Waals surface area (Å²) in [6, 6.07) is 4.92. The molecule has 2 N–H and O–H groups in total. The molecule has 1 atom stereocenters. The van der Waals surface area contributed by atoms with E-state index in [2.05, 4.69) is 5.32 Å². The van der Waals surface area contributed by atoms with Crippen LogP contribution >= 0.6 is 23.2 Å².